The number of esters is 1. The molecule has 0 spiro atoms. The number of thiazole rings is 1. The van der Waals surface area contributed by atoms with Gasteiger partial charge in [0.25, 0.3) is 11.8 Å². The second-order valence-corrected chi connectivity index (χ2v) is 8.91. The minimum Gasteiger partial charge on any atom is -0.455 e. The van der Waals surface area contributed by atoms with Crippen molar-refractivity contribution in [1.29, 1.82) is 0 Å². The summed E-state index contributed by atoms with van der Waals surface area (Å²) in [5.41, 5.74) is 3.18. The highest BCUT2D eigenvalue weighted by atomic mass is 32.1. The molecule has 182 valence electrons. The van der Waals surface area contributed by atoms with Crippen molar-refractivity contribution in [3.05, 3.63) is 107 Å². The molecule has 0 bridgehead atoms. The van der Waals surface area contributed by atoms with Crippen LogP contribution >= 0.6 is 11.3 Å². The van der Waals surface area contributed by atoms with E-state index in [0.29, 0.717) is 16.9 Å². The molecule has 4 aromatic rings. The Morgan fingerprint density at radius 3 is 2.33 bits per heavy atom. The van der Waals surface area contributed by atoms with Crippen LogP contribution in [0.3, 0.4) is 0 Å². The van der Waals surface area contributed by atoms with E-state index in [0.717, 1.165) is 16.1 Å². The van der Waals surface area contributed by atoms with Gasteiger partial charge in [-0.25, -0.2) is 4.98 Å². The van der Waals surface area contributed by atoms with Gasteiger partial charge in [-0.1, -0.05) is 72.8 Å². The summed E-state index contributed by atoms with van der Waals surface area (Å²) in [4.78, 5) is 42.0. The molecule has 1 heterocycles. The second-order valence-electron chi connectivity index (χ2n) is 8.05. The number of para-hydroxylation sites is 1. The minimum absolute atomic E-state index is 0.0347. The average molecular weight is 500 g/mol. The number of benzene rings is 3. The average Bonchev–Trinajstić information content (AvgIpc) is 3.37. The van der Waals surface area contributed by atoms with E-state index in [-0.39, 0.29) is 18.4 Å². The molecule has 1 aromatic heterocycles. The lowest BCUT2D eigenvalue weighted by Crippen LogP contribution is -2.28. The van der Waals surface area contributed by atoms with Gasteiger partial charge in [-0.2, -0.15) is 0 Å². The number of nitrogens with zero attached hydrogens (tertiary/aromatic N) is 1. The molecule has 36 heavy (non-hydrogen) atoms. The summed E-state index contributed by atoms with van der Waals surface area (Å²) in [6.07, 6.45) is -0.0347. The van der Waals surface area contributed by atoms with Crippen LogP contribution in [-0.4, -0.2) is 29.4 Å². The summed E-state index contributed by atoms with van der Waals surface area (Å²) in [5, 5.41) is 8.21. The third-order valence-corrected chi connectivity index (χ3v) is 6.30. The number of hydrogen-bond donors (Lipinski definition) is 2. The number of carbonyl (C=O) groups excluding carboxylic acids is 3. The molecule has 0 aliphatic carbocycles. The Kier molecular flexibility index (Phi) is 8.20. The Labute approximate surface area is 213 Å². The quantitative estimate of drug-likeness (QED) is 0.315. The van der Waals surface area contributed by atoms with Crippen molar-refractivity contribution >= 4 is 34.8 Å². The molecule has 4 rings (SSSR count). The zero-order chi connectivity index (χ0) is 25.3. The molecule has 0 aliphatic heterocycles. The molecule has 2 N–H and O–H groups in total. The van der Waals surface area contributed by atoms with Gasteiger partial charge >= 0.3 is 5.97 Å². The summed E-state index contributed by atoms with van der Waals surface area (Å²) >= 11 is 1.44. The number of carbonyl (C=O) groups is 3. The Bertz CT molecular complexity index is 1340. The Morgan fingerprint density at radius 1 is 0.917 bits per heavy atom. The van der Waals surface area contributed by atoms with Crippen LogP contribution in [0.15, 0.2) is 90.3 Å². The number of rotatable bonds is 9. The molecule has 0 saturated carbocycles. The first-order chi connectivity index (χ1) is 17.5. The van der Waals surface area contributed by atoms with Crippen LogP contribution in [0.4, 0.5) is 5.69 Å². The third-order valence-electron chi connectivity index (χ3n) is 5.36. The standard InChI is InChI=1S/C28H25N3O4S/c1-19(20-10-4-2-5-11-20)29-27(34)23-14-8-9-15-24(23)31-25(32)17-35-26(33)16-22-18-36-28(30-22)21-12-6-3-7-13-21/h2-15,18-19H,16-17H2,1H3,(H,29,34)(H,31,32). The molecule has 1 unspecified atom stereocenters. The Balaban J connectivity index is 1.30. The van der Waals surface area contributed by atoms with Crippen molar-refractivity contribution in [2.45, 2.75) is 19.4 Å². The van der Waals surface area contributed by atoms with Gasteiger partial charge in [0.05, 0.1) is 29.4 Å². The normalized spacial score (nSPS) is 11.4. The van der Waals surface area contributed by atoms with Crippen LogP contribution in [0.25, 0.3) is 10.6 Å². The first-order valence-corrected chi connectivity index (χ1v) is 12.3. The summed E-state index contributed by atoms with van der Waals surface area (Å²) in [7, 11) is 0. The van der Waals surface area contributed by atoms with Crippen LogP contribution in [0, 0.1) is 0 Å². The maximum atomic E-state index is 12.9. The third kappa shape index (κ3) is 6.64. The van der Waals surface area contributed by atoms with E-state index < -0.39 is 18.5 Å². The lowest BCUT2D eigenvalue weighted by molar-refractivity contribution is -0.146. The number of nitrogens with one attached hydrogen (secondary N) is 2. The van der Waals surface area contributed by atoms with Crippen LogP contribution < -0.4 is 10.6 Å². The fraction of sp³-hybridized carbons (Fsp3) is 0.143. The lowest BCUT2D eigenvalue weighted by atomic mass is 10.1. The van der Waals surface area contributed by atoms with E-state index in [1.54, 1.807) is 29.6 Å². The first-order valence-electron chi connectivity index (χ1n) is 11.4. The van der Waals surface area contributed by atoms with Crippen LogP contribution in [0.1, 0.15) is 34.6 Å². The fourth-order valence-corrected chi connectivity index (χ4v) is 4.35. The summed E-state index contributed by atoms with van der Waals surface area (Å²) in [5.74, 6) is -1.42. The van der Waals surface area contributed by atoms with E-state index in [4.69, 9.17) is 4.74 Å². The van der Waals surface area contributed by atoms with E-state index >= 15 is 0 Å². The molecule has 2 amide bonds. The minimum atomic E-state index is -0.558. The smallest absolute Gasteiger partial charge is 0.312 e. The largest absolute Gasteiger partial charge is 0.455 e. The van der Waals surface area contributed by atoms with Gasteiger partial charge in [0, 0.05) is 10.9 Å². The van der Waals surface area contributed by atoms with Crippen molar-refractivity contribution in [2.24, 2.45) is 0 Å². The van der Waals surface area contributed by atoms with Gasteiger partial charge < -0.3 is 15.4 Å². The highest BCUT2D eigenvalue weighted by Crippen LogP contribution is 2.23. The zero-order valence-electron chi connectivity index (χ0n) is 19.6. The maximum Gasteiger partial charge on any atom is 0.312 e. The fourth-order valence-electron chi connectivity index (χ4n) is 3.52. The van der Waals surface area contributed by atoms with E-state index in [9.17, 15) is 14.4 Å². The molecule has 3 aromatic carbocycles. The van der Waals surface area contributed by atoms with Crippen molar-refractivity contribution < 1.29 is 19.1 Å². The zero-order valence-corrected chi connectivity index (χ0v) is 20.5. The van der Waals surface area contributed by atoms with Crippen LogP contribution in [-0.2, 0) is 20.7 Å². The molecular formula is C28H25N3O4S. The summed E-state index contributed by atoms with van der Waals surface area (Å²) in [6, 6.07) is 25.7. The van der Waals surface area contributed by atoms with Gasteiger partial charge in [0.1, 0.15) is 5.01 Å². The SMILES string of the molecule is CC(NC(=O)c1ccccc1NC(=O)COC(=O)Cc1csc(-c2ccccc2)n1)c1ccccc1. The van der Waals surface area contributed by atoms with E-state index in [1.807, 2.05) is 67.6 Å². The van der Waals surface area contributed by atoms with Gasteiger partial charge in [-0.15, -0.1) is 11.3 Å². The van der Waals surface area contributed by atoms with Gasteiger partial charge in [0.2, 0.25) is 0 Å². The van der Waals surface area contributed by atoms with Gasteiger partial charge in [-0.3, -0.25) is 14.4 Å². The maximum absolute atomic E-state index is 12.9. The predicted molar refractivity (Wildman–Crippen MR) is 140 cm³/mol. The molecule has 7 nitrogen and oxygen atoms in total. The molecule has 8 heteroatoms. The van der Waals surface area contributed by atoms with Crippen molar-refractivity contribution in [3.8, 4) is 10.6 Å². The van der Waals surface area contributed by atoms with Crippen LogP contribution in [0.5, 0.6) is 0 Å². The van der Waals surface area contributed by atoms with Crippen LogP contribution in [0.2, 0.25) is 0 Å². The van der Waals surface area contributed by atoms with Gasteiger partial charge in [-0.05, 0) is 24.6 Å². The lowest BCUT2D eigenvalue weighted by Gasteiger charge is -2.16. The summed E-state index contributed by atoms with van der Waals surface area (Å²) in [6.45, 7) is 1.42. The Hall–Kier alpha value is -4.30. The van der Waals surface area contributed by atoms with Gasteiger partial charge in [0.15, 0.2) is 6.61 Å². The number of ether oxygens (including phenoxy) is 1. The number of hydrogen-bond acceptors (Lipinski definition) is 6. The molecule has 0 saturated heterocycles. The first kappa shape index (κ1) is 24.8. The number of aromatic nitrogens is 1. The monoisotopic (exact) mass is 499 g/mol. The predicted octanol–water partition coefficient (Wildman–Crippen LogP) is 5.03. The Morgan fingerprint density at radius 2 is 1.58 bits per heavy atom. The van der Waals surface area contributed by atoms with Crippen molar-refractivity contribution in [3.63, 3.8) is 0 Å². The number of amides is 2. The van der Waals surface area contributed by atoms with Crippen molar-refractivity contribution in [1.82, 2.24) is 10.3 Å². The molecular weight excluding hydrogens is 474 g/mol. The van der Waals surface area contributed by atoms with E-state index in [2.05, 4.69) is 15.6 Å². The second kappa shape index (κ2) is 11.9. The van der Waals surface area contributed by atoms with E-state index in [1.165, 1.54) is 11.3 Å². The van der Waals surface area contributed by atoms with Crippen molar-refractivity contribution in [2.75, 3.05) is 11.9 Å². The molecule has 0 radical (unpaired) electrons. The number of anilines is 1. The molecule has 1 atom stereocenters. The highest BCUT2D eigenvalue weighted by molar-refractivity contribution is 7.13. The summed E-state index contributed by atoms with van der Waals surface area (Å²) < 4.78 is 5.13. The molecule has 0 fully saturated rings. The molecule has 0 aliphatic rings. The highest BCUT2D eigenvalue weighted by Gasteiger charge is 2.17. The topological polar surface area (TPSA) is 97.4 Å².